The molecule has 0 aliphatic carbocycles. The van der Waals surface area contributed by atoms with Gasteiger partial charge in [0.25, 0.3) is 0 Å². The number of nitrogens with one attached hydrogen (secondary N) is 1. The van der Waals surface area contributed by atoms with E-state index < -0.39 is 44.4 Å². The summed E-state index contributed by atoms with van der Waals surface area (Å²) in [6, 6.07) is -0.259. The predicted molar refractivity (Wildman–Crippen MR) is 99.5 cm³/mol. The van der Waals surface area contributed by atoms with Crippen LogP contribution < -0.4 is 5.32 Å². The third-order valence-electron chi connectivity index (χ3n) is 4.95. The summed E-state index contributed by atoms with van der Waals surface area (Å²) >= 11 is 0. The number of sulfonamides is 1. The molecule has 1 aliphatic rings. The van der Waals surface area contributed by atoms with Crippen LogP contribution in [-0.4, -0.2) is 62.3 Å². The second kappa shape index (κ2) is 9.33. The number of nitrogens with zero attached hydrogens (tertiary/aromatic N) is 2. The summed E-state index contributed by atoms with van der Waals surface area (Å²) in [6.45, 7) is 3.85. The lowest BCUT2D eigenvalue weighted by atomic mass is 10.1. The highest BCUT2D eigenvalue weighted by atomic mass is 32.2. The van der Waals surface area contributed by atoms with Crippen LogP contribution in [0.15, 0.2) is 23.1 Å². The Balaban J connectivity index is 2.24. The number of halogens is 6. The largest absolute Gasteiger partial charge is 0.416 e. The molecule has 1 atom stereocenters. The maximum atomic E-state index is 13.1. The van der Waals surface area contributed by atoms with E-state index in [2.05, 4.69) is 5.32 Å². The molecule has 1 aromatic carbocycles. The Bertz CT molecular complexity index is 862. The number of rotatable bonds is 6. The summed E-state index contributed by atoms with van der Waals surface area (Å²) in [5.41, 5.74) is -3.39. The van der Waals surface area contributed by atoms with Gasteiger partial charge in [-0.1, -0.05) is 6.92 Å². The number of hydrogen-bond acceptors (Lipinski definition) is 4. The SMILES string of the molecule is CCCNC(=O)C(C)N1CCN(S(=O)(=O)c2cc(C(F)(F)F)cc(C(F)(F)F)c2)CC1. The van der Waals surface area contributed by atoms with E-state index in [0.29, 0.717) is 6.54 Å². The molecule has 6 nitrogen and oxygen atoms in total. The van der Waals surface area contributed by atoms with Gasteiger partial charge in [0.1, 0.15) is 0 Å². The second-order valence-corrected chi connectivity index (χ2v) is 9.09. The first-order valence-corrected chi connectivity index (χ1v) is 10.9. The maximum Gasteiger partial charge on any atom is 0.416 e. The van der Waals surface area contributed by atoms with Crippen LogP contribution in [-0.2, 0) is 27.2 Å². The molecule has 0 saturated carbocycles. The molecule has 1 amide bonds. The Kier molecular flexibility index (Phi) is 7.64. The molecule has 1 heterocycles. The Labute approximate surface area is 176 Å². The van der Waals surface area contributed by atoms with Crippen LogP contribution in [0.3, 0.4) is 0 Å². The van der Waals surface area contributed by atoms with Crippen LogP contribution in [0.5, 0.6) is 0 Å². The second-order valence-electron chi connectivity index (χ2n) is 7.15. The van der Waals surface area contributed by atoms with Crippen LogP contribution in [0.25, 0.3) is 0 Å². The molecule has 1 aliphatic heterocycles. The lowest BCUT2D eigenvalue weighted by Gasteiger charge is -2.36. The molecule has 31 heavy (non-hydrogen) atoms. The lowest BCUT2D eigenvalue weighted by Crippen LogP contribution is -2.54. The molecule has 1 saturated heterocycles. The fourth-order valence-electron chi connectivity index (χ4n) is 3.12. The summed E-state index contributed by atoms with van der Waals surface area (Å²) in [6.07, 6.45) is -9.56. The van der Waals surface area contributed by atoms with Gasteiger partial charge in [0, 0.05) is 32.7 Å². The van der Waals surface area contributed by atoms with Gasteiger partial charge >= 0.3 is 12.4 Å². The minimum absolute atomic E-state index is 0.102. The molecule has 1 unspecified atom stereocenters. The van der Waals surface area contributed by atoms with Crippen molar-refractivity contribution in [3.8, 4) is 0 Å². The Morgan fingerprint density at radius 1 is 1.00 bits per heavy atom. The van der Waals surface area contributed by atoms with Gasteiger partial charge in [-0.2, -0.15) is 30.6 Å². The number of carbonyl (C=O) groups excluding carboxylic acids is 1. The highest BCUT2D eigenvalue weighted by molar-refractivity contribution is 7.89. The fraction of sp³-hybridized carbons (Fsp3) is 0.611. The summed E-state index contributed by atoms with van der Waals surface area (Å²) < 4.78 is 105. The van der Waals surface area contributed by atoms with E-state index in [1.165, 1.54) is 0 Å². The van der Waals surface area contributed by atoms with Crippen molar-refractivity contribution < 1.29 is 39.6 Å². The molecule has 176 valence electrons. The summed E-state index contributed by atoms with van der Waals surface area (Å²) in [7, 11) is -4.61. The number of piperazine rings is 1. The van der Waals surface area contributed by atoms with Gasteiger partial charge < -0.3 is 5.32 Å². The number of alkyl halides is 6. The van der Waals surface area contributed by atoms with Crippen molar-refractivity contribution in [3.05, 3.63) is 29.3 Å². The van der Waals surface area contributed by atoms with Crippen LogP contribution in [0.4, 0.5) is 26.3 Å². The van der Waals surface area contributed by atoms with Crippen LogP contribution in [0.2, 0.25) is 0 Å². The van der Waals surface area contributed by atoms with Gasteiger partial charge in [0.05, 0.1) is 22.1 Å². The molecular formula is C18H23F6N3O3S. The Morgan fingerprint density at radius 2 is 1.48 bits per heavy atom. The highest BCUT2D eigenvalue weighted by Crippen LogP contribution is 2.37. The lowest BCUT2D eigenvalue weighted by molar-refractivity contribution is -0.143. The zero-order valence-corrected chi connectivity index (χ0v) is 17.7. The smallest absolute Gasteiger partial charge is 0.355 e. The molecule has 1 aromatic rings. The topological polar surface area (TPSA) is 69.7 Å². The van der Waals surface area contributed by atoms with Gasteiger partial charge in [-0.15, -0.1) is 0 Å². The van der Waals surface area contributed by atoms with Crippen molar-refractivity contribution in [1.82, 2.24) is 14.5 Å². The number of amides is 1. The molecule has 1 N–H and O–H groups in total. The zero-order valence-electron chi connectivity index (χ0n) is 16.8. The molecule has 0 radical (unpaired) electrons. The van der Waals surface area contributed by atoms with Crippen LogP contribution in [0.1, 0.15) is 31.4 Å². The molecule has 1 fully saturated rings. The molecule has 0 spiro atoms. The first-order chi connectivity index (χ1) is 14.2. The van der Waals surface area contributed by atoms with E-state index in [1.807, 2.05) is 6.92 Å². The van der Waals surface area contributed by atoms with E-state index in [-0.39, 0.29) is 50.3 Å². The quantitative estimate of drug-likeness (QED) is 0.643. The molecule has 2 rings (SSSR count). The Hall–Kier alpha value is -1.86. The van der Waals surface area contributed by atoms with E-state index in [1.54, 1.807) is 11.8 Å². The average molecular weight is 475 g/mol. The van der Waals surface area contributed by atoms with Crippen molar-refractivity contribution in [2.45, 2.75) is 43.6 Å². The first kappa shape index (κ1) is 25.4. The molecule has 13 heteroatoms. The van der Waals surface area contributed by atoms with Crippen molar-refractivity contribution in [2.24, 2.45) is 0 Å². The van der Waals surface area contributed by atoms with Crippen molar-refractivity contribution in [1.29, 1.82) is 0 Å². The monoisotopic (exact) mass is 475 g/mol. The normalized spacial score (nSPS) is 18.1. The van der Waals surface area contributed by atoms with Gasteiger partial charge in [-0.3, -0.25) is 9.69 Å². The highest BCUT2D eigenvalue weighted by Gasteiger charge is 2.40. The zero-order chi connectivity index (χ0) is 23.6. The first-order valence-electron chi connectivity index (χ1n) is 9.49. The van der Waals surface area contributed by atoms with Gasteiger partial charge in [-0.25, -0.2) is 8.42 Å². The predicted octanol–water partition coefficient (Wildman–Crippen LogP) is 2.95. The van der Waals surface area contributed by atoms with Crippen molar-refractivity contribution in [2.75, 3.05) is 32.7 Å². The standard InChI is InChI=1S/C18H23F6N3O3S/c1-3-4-25-16(28)12(2)26-5-7-27(8-6-26)31(29,30)15-10-13(17(19,20)21)9-14(11-15)18(22,23)24/h9-12H,3-8H2,1-2H3,(H,25,28). The minimum Gasteiger partial charge on any atom is -0.355 e. The Morgan fingerprint density at radius 3 is 1.90 bits per heavy atom. The minimum atomic E-state index is -5.15. The average Bonchev–Trinajstić information content (AvgIpc) is 2.69. The summed E-state index contributed by atoms with van der Waals surface area (Å²) in [5.74, 6) is -0.245. The number of hydrogen-bond donors (Lipinski definition) is 1. The van der Waals surface area contributed by atoms with Gasteiger partial charge in [0.15, 0.2) is 0 Å². The van der Waals surface area contributed by atoms with E-state index in [4.69, 9.17) is 0 Å². The van der Waals surface area contributed by atoms with Crippen molar-refractivity contribution in [3.63, 3.8) is 0 Å². The molecular weight excluding hydrogens is 452 g/mol. The fourth-order valence-corrected chi connectivity index (χ4v) is 4.61. The van der Waals surface area contributed by atoms with Crippen LogP contribution >= 0.6 is 0 Å². The van der Waals surface area contributed by atoms with E-state index in [9.17, 15) is 39.6 Å². The van der Waals surface area contributed by atoms with Crippen molar-refractivity contribution >= 4 is 15.9 Å². The molecule has 0 aromatic heterocycles. The van der Waals surface area contributed by atoms with E-state index in [0.717, 1.165) is 10.7 Å². The van der Waals surface area contributed by atoms with Gasteiger partial charge in [-0.05, 0) is 31.5 Å². The number of carbonyl (C=O) groups is 1. The molecule has 0 bridgehead atoms. The maximum absolute atomic E-state index is 13.1. The third kappa shape index (κ3) is 6.10. The third-order valence-corrected chi connectivity index (χ3v) is 6.82. The summed E-state index contributed by atoms with van der Waals surface area (Å²) in [5, 5.41) is 2.71. The van der Waals surface area contributed by atoms with Gasteiger partial charge in [0.2, 0.25) is 15.9 Å². The summed E-state index contributed by atoms with van der Waals surface area (Å²) in [4.78, 5) is 12.7. The number of benzene rings is 1. The van der Waals surface area contributed by atoms with Crippen LogP contribution in [0, 0.1) is 0 Å². The van der Waals surface area contributed by atoms with E-state index >= 15 is 0 Å².